The van der Waals surface area contributed by atoms with Crippen LogP contribution in [0.2, 0.25) is 0 Å². The second-order valence-electron chi connectivity index (χ2n) is 2.02. The molecule has 0 aliphatic heterocycles. The van der Waals surface area contributed by atoms with E-state index in [1.165, 1.54) is 0 Å². The molecule has 0 saturated carbocycles. The number of hydrogen-bond donors (Lipinski definition) is 3. The number of halogens is 1. The maximum absolute atomic E-state index is 8.70. The lowest BCUT2D eigenvalue weighted by molar-refractivity contribution is 0.0898. The van der Waals surface area contributed by atoms with E-state index in [4.69, 9.17) is 10.8 Å². The van der Waals surface area contributed by atoms with Crippen molar-refractivity contribution in [3.8, 4) is 0 Å². The molecule has 0 unspecified atom stereocenters. The van der Waals surface area contributed by atoms with E-state index in [-0.39, 0.29) is 18.6 Å². The fourth-order valence-corrected chi connectivity index (χ4v) is 0. The Balaban J connectivity index is -0.000000125. The molecule has 0 radical (unpaired) electrons. The van der Waals surface area contributed by atoms with Gasteiger partial charge in [-0.1, -0.05) is 0 Å². The molecule has 0 heterocycles. The van der Waals surface area contributed by atoms with Crippen LogP contribution in [0.5, 0.6) is 0 Å². The van der Waals surface area contributed by atoms with Crippen LogP contribution < -0.4 is 11.9 Å². The number of nitrogens with two attached hydrogens (primary N) is 1. The fourth-order valence-electron chi connectivity index (χ4n) is 0. The number of rotatable bonds is 1. The highest BCUT2D eigenvalue weighted by Crippen LogP contribution is 1.93. The molecule has 3 nitrogen and oxygen atoms in total. The van der Waals surface area contributed by atoms with Gasteiger partial charge in [-0.15, -0.1) is 12.4 Å². The van der Waals surface area contributed by atoms with Crippen LogP contribution in [0.15, 0.2) is 0 Å². The van der Waals surface area contributed by atoms with Crippen molar-refractivity contribution in [1.82, 2.24) is 6.15 Å². The summed E-state index contributed by atoms with van der Waals surface area (Å²) in [4.78, 5) is 0. The summed E-state index contributed by atoms with van der Waals surface area (Å²) in [6.45, 7) is 3.67. The van der Waals surface area contributed by atoms with Gasteiger partial charge < -0.3 is 17.0 Å². The molecule has 0 aliphatic carbocycles. The third-order valence-electron chi connectivity index (χ3n) is 0.500. The van der Waals surface area contributed by atoms with Gasteiger partial charge in [0.15, 0.2) is 0 Å². The van der Waals surface area contributed by atoms with Crippen LogP contribution in [-0.2, 0) is 0 Å². The van der Waals surface area contributed by atoms with Gasteiger partial charge in [-0.05, 0) is 13.8 Å². The quantitative estimate of drug-likeness (QED) is 0.493. The Kier molecular flexibility index (Phi) is 10.4. The number of hydrogen-bond acceptors (Lipinski definition) is 3. The van der Waals surface area contributed by atoms with Crippen molar-refractivity contribution in [3.63, 3.8) is 0 Å². The van der Waals surface area contributed by atoms with Crippen LogP contribution in [0, 0.1) is 0 Å². The van der Waals surface area contributed by atoms with Crippen LogP contribution in [0.1, 0.15) is 13.8 Å². The van der Waals surface area contributed by atoms with Gasteiger partial charge in [0, 0.05) is 6.54 Å². The van der Waals surface area contributed by atoms with E-state index >= 15 is 0 Å². The van der Waals surface area contributed by atoms with Gasteiger partial charge in [0.05, 0.1) is 5.60 Å². The lowest BCUT2D eigenvalue weighted by atomic mass is 10.1. The maximum Gasteiger partial charge on any atom is 0.0713 e. The SMILES string of the molecule is CC(C)(O)CN.Cl.N. The molecule has 0 aromatic rings. The zero-order valence-electron chi connectivity index (χ0n) is 5.35. The van der Waals surface area contributed by atoms with E-state index < -0.39 is 5.60 Å². The molecule has 0 spiro atoms. The van der Waals surface area contributed by atoms with Crippen molar-refractivity contribution in [2.24, 2.45) is 5.73 Å². The third kappa shape index (κ3) is 16.4. The summed E-state index contributed by atoms with van der Waals surface area (Å²) in [5.74, 6) is 0. The van der Waals surface area contributed by atoms with E-state index in [9.17, 15) is 0 Å². The molecule has 4 heteroatoms. The molecule has 0 aliphatic rings. The van der Waals surface area contributed by atoms with Gasteiger partial charge in [-0.3, -0.25) is 0 Å². The van der Waals surface area contributed by atoms with Gasteiger partial charge in [0.1, 0.15) is 0 Å². The predicted molar refractivity (Wildman–Crippen MR) is 37.6 cm³/mol. The maximum atomic E-state index is 8.70. The van der Waals surface area contributed by atoms with Gasteiger partial charge in [0.25, 0.3) is 0 Å². The monoisotopic (exact) mass is 142 g/mol. The van der Waals surface area contributed by atoms with E-state index in [0.717, 1.165) is 0 Å². The molecule has 0 atom stereocenters. The van der Waals surface area contributed by atoms with Gasteiger partial charge in [-0.2, -0.15) is 0 Å². The summed E-state index contributed by atoms with van der Waals surface area (Å²) < 4.78 is 0. The topological polar surface area (TPSA) is 81.2 Å². The Bertz CT molecular complexity index is 43.8. The average Bonchev–Trinajstić information content (AvgIpc) is 1.35. The minimum absolute atomic E-state index is 0. The molecule has 54 valence electrons. The Hall–Kier alpha value is 0.170. The standard InChI is InChI=1S/C4H11NO.ClH.H3N/c1-4(2,6)3-5;;/h6H,3,5H2,1-2H3;1H;1H3. The average molecular weight is 143 g/mol. The first kappa shape index (κ1) is 15.7. The second kappa shape index (κ2) is 5.31. The predicted octanol–water partition coefficient (Wildman–Crippen LogP) is 0.300. The van der Waals surface area contributed by atoms with Crippen LogP contribution in [0.4, 0.5) is 0 Å². The highest BCUT2D eigenvalue weighted by Gasteiger charge is 2.06. The molecule has 0 amide bonds. The summed E-state index contributed by atoms with van der Waals surface area (Å²) in [5.41, 5.74) is 4.38. The smallest absolute Gasteiger partial charge is 0.0713 e. The molecular formula is C4H15ClN2O. The largest absolute Gasteiger partial charge is 0.389 e. The summed E-state index contributed by atoms with van der Waals surface area (Å²) >= 11 is 0. The van der Waals surface area contributed by atoms with Gasteiger partial charge >= 0.3 is 0 Å². The van der Waals surface area contributed by atoms with Gasteiger partial charge in [-0.25, -0.2) is 0 Å². The molecule has 0 aromatic heterocycles. The molecule has 0 saturated heterocycles. The summed E-state index contributed by atoms with van der Waals surface area (Å²) in [5, 5.41) is 8.70. The normalized spacial score (nSPS) is 9.00. The van der Waals surface area contributed by atoms with Crippen molar-refractivity contribution < 1.29 is 5.11 Å². The minimum Gasteiger partial charge on any atom is -0.389 e. The van der Waals surface area contributed by atoms with Crippen molar-refractivity contribution in [3.05, 3.63) is 0 Å². The summed E-state index contributed by atoms with van der Waals surface area (Å²) in [6, 6.07) is 0. The van der Waals surface area contributed by atoms with Crippen molar-refractivity contribution in [2.45, 2.75) is 19.4 Å². The Labute approximate surface area is 56.3 Å². The lowest BCUT2D eigenvalue weighted by Crippen LogP contribution is -2.29. The first-order valence-electron chi connectivity index (χ1n) is 1.99. The molecule has 0 fully saturated rings. The van der Waals surface area contributed by atoms with Crippen LogP contribution in [0.3, 0.4) is 0 Å². The highest BCUT2D eigenvalue weighted by molar-refractivity contribution is 5.85. The summed E-state index contributed by atoms with van der Waals surface area (Å²) in [6.07, 6.45) is 0. The lowest BCUT2D eigenvalue weighted by Gasteiger charge is -2.11. The Morgan fingerprint density at radius 3 is 1.62 bits per heavy atom. The van der Waals surface area contributed by atoms with E-state index in [0.29, 0.717) is 6.54 Å². The summed E-state index contributed by atoms with van der Waals surface area (Å²) in [7, 11) is 0. The van der Waals surface area contributed by atoms with Crippen molar-refractivity contribution in [2.75, 3.05) is 6.54 Å². The van der Waals surface area contributed by atoms with Crippen LogP contribution in [-0.4, -0.2) is 17.3 Å². The minimum atomic E-state index is -0.681. The van der Waals surface area contributed by atoms with Crippen molar-refractivity contribution in [1.29, 1.82) is 0 Å². The first-order chi connectivity index (χ1) is 2.56. The highest BCUT2D eigenvalue weighted by atomic mass is 35.5. The van der Waals surface area contributed by atoms with E-state index in [1.54, 1.807) is 13.8 Å². The Morgan fingerprint density at radius 2 is 1.62 bits per heavy atom. The van der Waals surface area contributed by atoms with Crippen LogP contribution >= 0.6 is 12.4 Å². The fraction of sp³-hybridized carbons (Fsp3) is 1.00. The van der Waals surface area contributed by atoms with Crippen LogP contribution in [0.25, 0.3) is 0 Å². The molecule has 0 rings (SSSR count). The zero-order chi connectivity index (χ0) is 5.21. The molecular weight excluding hydrogens is 128 g/mol. The van der Waals surface area contributed by atoms with E-state index in [1.807, 2.05) is 0 Å². The number of aliphatic hydroxyl groups is 1. The van der Waals surface area contributed by atoms with E-state index in [2.05, 4.69) is 0 Å². The van der Waals surface area contributed by atoms with Crippen molar-refractivity contribution >= 4 is 12.4 Å². The zero-order valence-corrected chi connectivity index (χ0v) is 6.16. The first-order valence-corrected chi connectivity index (χ1v) is 1.99. The Morgan fingerprint density at radius 1 is 1.50 bits per heavy atom. The third-order valence-corrected chi connectivity index (χ3v) is 0.500. The second-order valence-corrected chi connectivity index (χ2v) is 2.02. The van der Waals surface area contributed by atoms with Gasteiger partial charge in [0.2, 0.25) is 0 Å². The molecule has 6 N–H and O–H groups in total. The molecule has 8 heavy (non-hydrogen) atoms. The molecule has 0 aromatic carbocycles. The molecule has 0 bridgehead atoms.